The fourth-order valence-electron chi connectivity index (χ4n) is 1.83. The predicted molar refractivity (Wildman–Crippen MR) is 89.0 cm³/mol. The third-order valence-electron chi connectivity index (χ3n) is 3.11. The first-order valence-corrected chi connectivity index (χ1v) is 8.34. The summed E-state index contributed by atoms with van der Waals surface area (Å²) in [5, 5.41) is 10.5. The van der Waals surface area contributed by atoms with Gasteiger partial charge >= 0.3 is 0 Å². The van der Waals surface area contributed by atoms with Gasteiger partial charge in [-0.05, 0) is 26.2 Å². The van der Waals surface area contributed by atoms with Gasteiger partial charge in [0.25, 0.3) is 0 Å². The van der Waals surface area contributed by atoms with Gasteiger partial charge in [0.15, 0.2) is 11.7 Å². The van der Waals surface area contributed by atoms with E-state index in [1.54, 1.807) is 0 Å². The molecule has 6 nitrogen and oxygen atoms in total. The van der Waals surface area contributed by atoms with Crippen molar-refractivity contribution in [3.05, 3.63) is 17.5 Å². The highest BCUT2D eigenvalue weighted by Crippen LogP contribution is 2.05. The molecule has 1 aromatic heterocycles. The third kappa shape index (κ3) is 8.02. The van der Waals surface area contributed by atoms with Gasteiger partial charge in [-0.3, -0.25) is 0 Å². The van der Waals surface area contributed by atoms with Crippen LogP contribution in [-0.2, 0) is 17.7 Å². The number of nitrogens with one attached hydrogen (secondary N) is 2. The van der Waals surface area contributed by atoms with Gasteiger partial charge < -0.3 is 19.9 Å². The van der Waals surface area contributed by atoms with Crippen molar-refractivity contribution in [3.8, 4) is 0 Å². The summed E-state index contributed by atoms with van der Waals surface area (Å²) in [5.41, 5.74) is 0.965. The summed E-state index contributed by atoms with van der Waals surface area (Å²) < 4.78 is 10.8. The van der Waals surface area contributed by atoms with Gasteiger partial charge in [0.2, 0.25) is 0 Å². The molecule has 126 valence electrons. The number of rotatable bonds is 11. The number of guanidine groups is 1. The zero-order valence-corrected chi connectivity index (χ0v) is 14.2. The Bertz CT molecular complexity index is 418. The van der Waals surface area contributed by atoms with E-state index in [4.69, 9.17) is 9.26 Å². The molecule has 2 N–H and O–H groups in total. The topological polar surface area (TPSA) is 71.7 Å². The van der Waals surface area contributed by atoms with Crippen molar-refractivity contribution in [2.24, 2.45) is 4.99 Å². The van der Waals surface area contributed by atoms with Crippen LogP contribution in [0.1, 0.15) is 51.5 Å². The Kier molecular flexibility index (Phi) is 10.1. The lowest BCUT2D eigenvalue weighted by atomic mass is 10.3. The van der Waals surface area contributed by atoms with E-state index in [9.17, 15) is 0 Å². The molecule has 0 atom stereocenters. The SMILES string of the molecule is CCCCOCCCNC(=NCc1cc(CC)no1)NCC. The van der Waals surface area contributed by atoms with Crippen molar-refractivity contribution in [1.82, 2.24) is 15.8 Å². The summed E-state index contributed by atoms with van der Waals surface area (Å²) in [4.78, 5) is 4.50. The highest BCUT2D eigenvalue weighted by atomic mass is 16.5. The lowest BCUT2D eigenvalue weighted by molar-refractivity contribution is 0.129. The Morgan fingerprint density at radius 2 is 2.05 bits per heavy atom. The van der Waals surface area contributed by atoms with E-state index in [2.05, 4.69) is 41.6 Å². The maximum Gasteiger partial charge on any atom is 0.191 e. The van der Waals surface area contributed by atoms with E-state index < -0.39 is 0 Å². The predicted octanol–water partition coefficient (Wildman–Crippen LogP) is 2.50. The number of aromatic nitrogens is 1. The zero-order chi connectivity index (χ0) is 16.0. The summed E-state index contributed by atoms with van der Waals surface area (Å²) in [7, 11) is 0. The molecule has 6 heteroatoms. The standard InChI is InChI=1S/C16H30N4O2/c1-4-7-10-21-11-8-9-18-16(17-6-3)19-13-15-12-14(5-2)20-22-15/h12H,4-11,13H2,1-3H3,(H2,17,18,19). The van der Waals surface area contributed by atoms with Gasteiger partial charge in [-0.15, -0.1) is 0 Å². The van der Waals surface area contributed by atoms with Crippen molar-refractivity contribution in [3.63, 3.8) is 0 Å². The van der Waals surface area contributed by atoms with Crippen LogP contribution in [0.15, 0.2) is 15.6 Å². The molecule has 0 fully saturated rings. The number of nitrogens with zero attached hydrogens (tertiary/aromatic N) is 2. The van der Waals surface area contributed by atoms with Crippen molar-refractivity contribution in [2.45, 2.75) is 53.0 Å². The summed E-state index contributed by atoms with van der Waals surface area (Å²) in [5.74, 6) is 1.59. The highest BCUT2D eigenvalue weighted by molar-refractivity contribution is 5.79. The molecule has 0 bridgehead atoms. The first-order chi connectivity index (χ1) is 10.8. The highest BCUT2D eigenvalue weighted by Gasteiger charge is 2.02. The number of ether oxygens (including phenoxy) is 1. The van der Waals surface area contributed by atoms with Crippen LogP contribution in [-0.4, -0.2) is 37.4 Å². The smallest absolute Gasteiger partial charge is 0.191 e. The number of aliphatic imine (C=N–C) groups is 1. The minimum absolute atomic E-state index is 0.495. The maximum absolute atomic E-state index is 5.54. The molecule has 0 unspecified atom stereocenters. The second-order valence-corrected chi connectivity index (χ2v) is 5.08. The van der Waals surface area contributed by atoms with Gasteiger partial charge in [0.05, 0.1) is 5.69 Å². The number of hydrogen-bond donors (Lipinski definition) is 2. The largest absolute Gasteiger partial charge is 0.381 e. The van der Waals surface area contributed by atoms with Crippen LogP contribution >= 0.6 is 0 Å². The van der Waals surface area contributed by atoms with Gasteiger partial charge in [-0.2, -0.15) is 0 Å². The fourth-order valence-corrected chi connectivity index (χ4v) is 1.83. The summed E-state index contributed by atoms with van der Waals surface area (Å²) in [6.07, 6.45) is 4.16. The normalized spacial score (nSPS) is 11.7. The monoisotopic (exact) mass is 310 g/mol. The van der Waals surface area contributed by atoms with Crippen LogP contribution < -0.4 is 10.6 Å². The molecule has 0 aromatic carbocycles. The molecular weight excluding hydrogens is 280 g/mol. The molecule has 0 saturated heterocycles. The Labute approximate surface area is 133 Å². The first-order valence-electron chi connectivity index (χ1n) is 8.34. The van der Waals surface area contributed by atoms with Crippen LogP contribution in [0.5, 0.6) is 0 Å². The van der Waals surface area contributed by atoms with Crippen LogP contribution in [0.2, 0.25) is 0 Å². The second kappa shape index (κ2) is 12.0. The number of unbranched alkanes of at least 4 members (excludes halogenated alkanes) is 1. The molecule has 1 heterocycles. The van der Waals surface area contributed by atoms with E-state index in [1.807, 2.05) is 6.07 Å². The van der Waals surface area contributed by atoms with E-state index in [-0.39, 0.29) is 0 Å². The summed E-state index contributed by atoms with van der Waals surface area (Å²) in [6, 6.07) is 1.95. The molecule has 0 amide bonds. The Hall–Kier alpha value is -1.56. The summed E-state index contributed by atoms with van der Waals surface area (Å²) >= 11 is 0. The minimum atomic E-state index is 0.495. The van der Waals surface area contributed by atoms with Crippen LogP contribution in [0, 0.1) is 0 Å². The van der Waals surface area contributed by atoms with Crippen LogP contribution in [0.25, 0.3) is 0 Å². The second-order valence-electron chi connectivity index (χ2n) is 5.08. The minimum Gasteiger partial charge on any atom is -0.381 e. The van der Waals surface area contributed by atoms with E-state index >= 15 is 0 Å². The molecule has 0 aliphatic rings. The van der Waals surface area contributed by atoms with E-state index in [0.29, 0.717) is 6.54 Å². The average Bonchev–Trinajstić information content (AvgIpc) is 2.99. The maximum atomic E-state index is 5.54. The zero-order valence-electron chi connectivity index (χ0n) is 14.2. The van der Waals surface area contributed by atoms with Crippen molar-refractivity contribution in [2.75, 3.05) is 26.3 Å². The third-order valence-corrected chi connectivity index (χ3v) is 3.11. The fraction of sp³-hybridized carbons (Fsp3) is 0.750. The van der Waals surface area contributed by atoms with Gasteiger partial charge in [-0.25, -0.2) is 4.99 Å². The quantitative estimate of drug-likeness (QED) is 0.373. The van der Waals surface area contributed by atoms with Crippen molar-refractivity contribution in [1.29, 1.82) is 0 Å². The van der Waals surface area contributed by atoms with Gasteiger partial charge in [0, 0.05) is 32.4 Å². The molecule has 0 saturated carbocycles. The van der Waals surface area contributed by atoms with Crippen LogP contribution in [0.4, 0.5) is 0 Å². The Balaban J connectivity index is 2.26. The van der Waals surface area contributed by atoms with E-state index in [0.717, 1.165) is 63.0 Å². The van der Waals surface area contributed by atoms with Gasteiger partial charge in [0.1, 0.15) is 6.54 Å². The number of aryl methyl sites for hydroxylation is 1. The molecule has 22 heavy (non-hydrogen) atoms. The molecule has 0 radical (unpaired) electrons. The molecule has 0 aliphatic heterocycles. The van der Waals surface area contributed by atoms with Crippen molar-refractivity contribution >= 4 is 5.96 Å². The average molecular weight is 310 g/mol. The van der Waals surface area contributed by atoms with Gasteiger partial charge in [-0.1, -0.05) is 25.4 Å². The summed E-state index contributed by atoms with van der Waals surface area (Å²) in [6.45, 7) is 10.1. The first kappa shape index (κ1) is 18.5. The number of hydrogen-bond acceptors (Lipinski definition) is 4. The lowest BCUT2D eigenvalue weighted by Crippen LogP contribution is -2.38. The van der Waals surface area contributed by atoms with E-state index in [1.165, 1.54) is 6.42 Å². The molecule has 0 aliphatic carbocycles. The molecule has 0 spiro atoms. The molecular formula is C16H30N4O2. The molecule has 1 rings (SSSR count). The Morgan fingerprint density at radius 3 is 2.73 bits per heavy atom. The van der Waals surface area contributed by atoms with Crippen molar-refractivity contribution < 1.29 is 9.26 Å². The van der Waals surface area contributed by atoms with Crippen LogP contribution in [0.3, 0.4) is 0 Å². The lowest BCUT2D eigenvalue weighted by Gasteiger charge is -2.10. The Morgan fingerprint density at radius 1 is 1.23 bits per heavy atom. The molecule has 1 aromatic rings.